The van der Waals surface area contributed by atoms with Gasteiger partial charge in [-0.05, 0) is 72.2 Å². The molecule has 0 aromatic heterocycles. The molecular formula is C26H27NO5. The first kappa shape index (κ1) is 21.8. The summed E-state index contributed by atoms with van der Waals surface area (Å²) in [4.78, 5) is 22.3. The van der Waals surface area contributed by atoms with E-state index >= 15 is 0 Å². The molecule has 0 radical (unpaired) electrons. The Balaban J connectivity index is 1.85. The van der Waals surface area contributed by atoms with Gasteiger partial charge in [-0.3, -0.25) is 9.59 Å². The zero-order valence-electron chi connectivity index (χ0n) is 17.8. The number of aliphatic hydroxyl groups excluding tert-OH is 1. The molecule has 1 atom stereocenters. The summed E-state index contributed by atoms with van der Waals surface area (Å²) in [6.45, 7) is 0. The third kappa shape index (κ3) is 5.08. The molecule has 1 saturated carbocycles. The molecule has 6 nitrogen and oxygen atoms in total. The Morgan fingerprint density at radius 2 is 1.84 bits per heavy atom. The molecule has 6 heteroatoms. The van der Waals surface area contributed by atoms with Crippen LogP contribution in [0.3, 0.4) is 0 Å². The molecule has 0 bridgehead atoms. The molecule has 0 saturated heterocycles. The third-order valence-corrected chi connectivity index (χ3v) is 5.86. The highest BCUT2D eigenvalue weighted by Gasteiger charge is 2.23. The maximum Gasteiger partial charge on any atom is 0.303 e. The van der Waals surface area contributed by atoms with Crippen molar-refractivity contribution in [2.24, 2.45) is 0 Å². The standard InChI is InChI=1S/C26H27NO5/c28-16-24(29)27-23-14-17(9-12-25(30)31)13-22(26(23)32-21-7-3-4-8-21)20-11-10-18-5-1-2-6-19(18)15-20/h1-2,5-6,10-11,13-16,21,24,27,29H,3-4,7-9,12H2,(H,30,31). The minimum Gasteiger partial charge on any atom is -0.488 e. The van der Waals surface area contributed by atoms with Gasteiger partial charge >= 0.3 is 5.97 Å². The van der Waals surface area contributed by atoms with Crippen LogP contribution in [-0.4, -0.2) is 34.8 Å². The quantitative estimate of drug-likeness (QED) is 0.332. The van der Waals surface area contributed by atoms with Crippen molar-refractivity contribution in [2.75, 3.05) is 5.32 Å². The third-order valence-electron chi connectivity index (χ3n) is 5.86. The average molecular weight is 434 g/mol. The molecule has 1 unspecified atom stereocenters. The average Bonchev–Trinajstić information content (AvgIpc) is 3.31. The van der Waals surface area contributed by atoms with E-state index in [1.807, 2.05) is 42.5 Å². The number of aldehydes is 1. The summed E-state index contributed by atoms with van der Waals surface area (Å²) in [5.41, 5.74) is 3.01. The van der Waals surface area contributed by atoms with E-state index in [0.717, 1.165) is 53.1 Å². The van der Waals surface area contributed by atoms with Crippen molar-refractivity contribution in [3.63, 3.8) is 0 Å². The van der Waals surface area contributed by atoms with E-state index in [1.54, 1.807) is 6.07 Å². The maximum absolute atomic E-state index is 11.2. The second kappa shape index (κ2) is 9.83. The SMILES string of the molecule is O=CC(O)Nc1cc(CCC(=O)O)cc(-c2ccc3ccccc3c2)c1OC1CCCC1. The second-order valence-electron chi connectivity index (χ2n) is 8.23. The predicted molar refractivity (Wildman–Crippen MR) is 124 cm³/mol. The van der Waals surface area contributed by atoms with Crippen LogP contribution in [0.5, 0.6) is 5.75 Å². The molecule has 3 aromatic carbocycles. The Morgan fingerprint density at radius 3 is 2.56 bits per heavy atom. The Bertz CT molecular complexity index is 1120. The van der Waals surface area contributed by atoms with Crippen molar-refractivity contribution in [3.8, 4) is 16.9 Å². The molecule has 0 heterocycles. The molecule has 1 aliphatic carbocycles. The van der Waals surface area contributed by atoms with E-state index in [-0.39, 0.29) is 12.5 Å². The topological polar surface area (TPSA) is 95.9 Å². The number of hydrogen-bond donors (Lipinski definition) is 3. The lowest BCUT2D eigenvalue weighted by molar-refractivity contribution is -0.137. The Labute approximate surface area is 186 Å². The van der Waals surface area contributed by atoms with Crippen LogP contribution in [0.25, 0.3) is 21.9 Å². The van der Waals surface area contributed by atoms with Gasteiger partial charge in [-0.1, -0.05) is 36.4 Å². The van der Waals surface area contributed by atoms with Gasteiger partial charge in [0.1, 0.15) is 0 Å². The number of anilines is 1. The molecule has 166 valence electrons. The van der Waals surface area contributed by atoms with Gasteiger partial charge in [0.2, 0.25) is 0 Å². The fourth-order valence-electron chi connectivity index (χ4n) is 4.26. The molecule has 3 aromatic rings. The summed E-state index contributed by atoms with van der Waals surface area (Å²) in [6, 6.07) is 17.9. The zero-order valence-corrected chi connectivity index (χ0v) is 17.8. The predicted octanol–water partition coefficient (Wildman–Crippen LogP) is 4.77. The van der Waals surface area contributed by atoms with Gasteiger partial charge in [-0.25, -0.2) is 0 Å². The van der Waals surface area contributed by atoms with Crippen LogP contribution in [-0.2, 0) is 16.0 Å². The van der Waals surface area contributed by atoms with Crippen LogP contribution in [0.1, 0.15) is 37.7 Å². The van der Waals surface area contributed by atoms with Crippen molar-refractivity contribution < 1.29 is 24.5 Å². The van der Waals surface area contributed by atoms with Gasteiger partial charge in [-0.15, -0.1) is 0 Å². The first-order valence-electron chi connectivity index (χ1n) is 11.0. The Hall–Kier alpha value is -3.38. The Kier molecular flexibility index (Phi) is 6.71. The lowest BCUT2D eigenvalue weighted by Crippen LogP contribution is -2.22. The fourth-order valence-corrected chi connectivity index (χ4v) is 4.26. The minimum atomic E-state index is -1.39. The highest BCUT2D eigenvalue weighted by Crippen LogP contribution is 2.41. The number of rotatable bonds is 9. The first-order valence-corrected chi connectivity index (χ1v) is 11.0. The minimum absolute atomic E-state index is 0.0182. The summed E-state index contributed by atoms with van der Waals surface area (Å²) < 4.78 is 6.42. The summed E-state index contributed by atoms with van der Waals surface area (Å²) in [5, 5.41) is 24.1. The molecule has 1 fully saturated rings. The van der Waals surface area contributed by atoms with Crippen molar-refractivity contribution >= 4 is 28.7 Å². The monoisotopic (exact) mass is 433 g/mol. The van der Waals surface area contributed by atoms with Crippen molar-refractivity contribution in [2.45, 2.75) is 50.9 Å². The number of aliphatic carboxylic acids is 1. The number of aryl methyl sites for hydroxylation is 1. The lowest BCUT2D eigenvalue weighted by atomic mass is 9.96. The molecule has 1 aliphatic rings. The van der Waals surface area contributed by atoms with Crippen LogP contribution in [0.4, 0.5) is 5.69 Å². The van der Waals surface area contributed by atoms with Crippen molar-refractivity contribution in [1.29, 1.82) is 0 Å². The molecular weight excluding hydrogens is 406 g/mol. The summed E-state index contributed by atoms with van der Waals surface area (Å²) in [7, 11) is 0. The molecule has 32 heavy (non-hydrogen) atoms. The number of benzene rings is 3. The number of carboxylic acid groups (broad SMARTS) is 1. The van der Waals surface area contributed by atoms with Gasteiger partial charge < -0.3 is 20.3 Å². The van der Waals surface area contributed by atoms with Crippen LogP contribution in [0.15, 0.2) is 54.6 Å². The first-order chi connectivity index (χ1) is 15.5. The highest BCUT2D eigenvalue weighted by molar-refractivity contribution is 5.90. The number of carbonyl (C=O) groups excluding carboxylic acids is 1. The summed E-state index contributed by atoms with van der Waals surface area (Å²) >= 11 is 0. The molecule has 0 amide bonds. The van der Waals surface area contributed by atoms with E-state index in [2.05, 4.69) is 11.4 Å². The fraction of sp³-hybridized carbons (Fsp3) is 0.308. The van der Waals surface area contributed by atoms with Crippen molar-refractivity contribution in [3.05, 3.63) is 60.2 Å². The molecule has 0 spiro atoms. The number of fused-ring (bicyclic) bond motifs is 1. The van der Waals surface area contributed by atoms with Crippen LogP contribution in [0, 0.1) is 0 Å². The number of carbonyl (C=O) groups is 2. The number of ether oxygens (including phenoxy) is 1. The van der Waals surface area contributed by atoms with Crippen molar-refractivity contribution in [1.82, 2.24) is 0 Å². The number of carboxylic acids is 1. The van der Waals surface area contributed by atoms with Crippen LogP contribution < -0.4 is 10.1 Å². The van der Waals surface area contributed by atoms with Crippen LogP contribution >= 0.6 is 0 Å². The van der Waals surface area contributed by atoms with Gasteiger partial charge in [-0.2, -0.15) is 0 Å². The number of hydrogen-bond acceptors (Lipinski definition) is 5. The highest BCUT2D eigenvalue weighted by atomic mass is 16.5. The lowest BCUT2D eigenvalue weighted by Gasteiger charge is -2.23. The largest absolute Gasteiger partial charge is 0.488 e. The van der Waals surface area contributed by atoms with E-state index in [0.29, 0.717) is 24.1 Å². The molecule has 3 N–H and O–H groups in total. The normalized spacial score (nSPS) is 14.9. The van der Waals surface area contributed by atoms with Gasteiger partial charge in [0.15, 0.2) is 18.3 Å². The van der Waals surface area contributed by atoms with E-state index in [9.17, 15) is 14.7 Å². The second-order valence-corrected chi connectivity index (χ2v) is 8.23. The number of nitrogens with one attached hydrogen (secondary N) is 1. The van der Waals surface area contributed by atoms with Gasteiger partial charge in [0.05, 0.1) is 11.8 Å². The zero-order chi connectivity index (χ0) is 22.5. The van der Waals surface area contributed by atoms with E-state index in [4.69, 9.17) is 9.84 Å². The summed E-state index contributed by atoms with van der Waals surface area (Å²) in [6.07, 6.45) is 3.51. The van der Waals surface area contributed by atoms with Gasteiger partial charge in [0.25, 0.3) is 0 Å². The summed E-state index contributed by atoms with van der Waals surface area (Å²) in [5.74, 6) is -0.307. The number of aliphatic hydroxyl groups is 1. The molecule has 0 aliphatic heterocycles. The van der Waals surface area contributed by atoms with Crippen LogP contribution in [0.2, 0.25) is 0 Å². The Morgan fingerprint density at radius 1 is 1.09 bits per heavy atom. The van der Waals surface area contributed by atoms with E-state index in [1.165, 1.54) is 0 Å². The van der Waals surface area contributed by atoms with Gasteiger partial charge in [0, 0.05) is 12.0 Å². The molecule has 4 rings (SSSR count). The maximum atomic E-state index is 11.2. The smallest absolute Gasteiger partial charge is 0.303 e. The van der Waals surface area contributed by atoms with E-state index < -0.39 is 12.2 Å².